The van der Waals surface area contributed by atoms with Gasteiger partial charge in [-0.2, -0.15) is 5.26 Å². The van der Waals surface area contributed by atoms with Crippen molar-refractivity contribution in [2.75, 3.05) is 7.11 Å². The predicted molar refractivity (Wildman–Crippen MR) is 104 cm³/mol. The zero-order valence-electron chi connectivity index (χ0n) is 16.2. The van der Waals surface area contributed by atoms with Crippen LogP contribution in [0.2, 0.25) is 0 Å². The minimum Gasteiger partial charge on any atom is -0.496 e. The number of ether oxygens (including phenoxy) is 1. The van der Waals surface area contributed by atoms with Gasteiger partial charge in [0.2, 0.25) is 0 Å². The maximum Gasteiger partial charge on any atom is 0.122 e. The van der Waals surface area contributed by atoms with E-state index in [1.54, 1.807) is 7.11 Å². The molecule has 0 saturated heterocycles. The van der Waals surface area contributed by atoms with Crippen molar-refractivity contribution in [2.24, 2.45) is 0 Å². The van der Waals surface area contributed by atoms with Crippen molar-refractivity contribution >= 4 is 0 Å². The number of methoxy groups -OCH3 is 1. The van der Waals surface area contributed by atoms with Crippen molar-refractivity contribution in [1.82, 2.24) is 0 Å². The Morgan fingerprint density at radius 3 is 1.88 bits per heavy atom. The first-order chi connectivity index (χ1) is 11.4. The summed E-state index contributed by atoms with van der Waals surface area (Å²) in [4.78, 5) is 0. The molecule has 0 amide bonds. The van der Waals surface area contributed by atoms with Crippen molar-refractivity contribution in [3.63, 3.8) is 0 Å². The van der Waals surface area contributed by atoms with E-state index < -0.39 is 0 Å². The fraction of sp³-hybridized carbons (Fsp3) is 0.409. The third kappa shape index (κ3) is 7.33. The van der Waals surface area contributed by atoms with E-state index in [0.717, 1.165) is 17.7 Å². The van der Waals surface area contributed by atoms with Crippen LogP contribution in [0.4, 0.5) is 0 Å². The number of rotatable bonds is 2. The first kappa shape index (κ1) is 21.7. The molecule has 0 aliphatic carbocycles. The molecule has 0 radical (unpaired) electrons. The Bertz CT molecular complexity index is 593. The van der Waals surface area contributed by atoms with Crippen LogP contribution >= 0.6 is 0 Å². The lowest BCUT2D eigenvalue weighted by Crippen LogP contribution is -2.10. The number of nitrogens with zero attached hydrogens (tertiary/aromatic N) is 1. The molecule has 0 spiro atoms. The van der Waals surface area contributed by atoms with E-state index in [4.69, 9.17) is 10.00 Å². The maximum atomic E-state index is 8.58. The molecule has 2 aromatic carbocycles. The minimum atomic E-state index is 0.175. The molecule has 2 nitrogen and oxygen atoms in total. The number of aryl methyl sites for hydroxylation is 1. The van der Waals surface area contributed by atoms with Crippen LogP contribution in [0.15, 0.2) is 48.5 Å². The molecule has 0 aliphatic heterocycles. The molecule has 0 saturated carbocycles. The van der Waals surface area contributed by atoms with Gasteiger partial charge in [-0.15, -0.1) is 0 Å². The van der Waals surface area contributed by atoms with E-state index >= 15 is 0 Å². The Kier molecular flexibility index (Phi) is 10.2. The van der Waals surface area contributed by atoms with E-state index in [2.05, 4.69) is 39.8 Å². The second-order valence-electron chi connectivity index (χ2n) is 6.10. The summed E-state index contributed by atoms with van der Waals surface area (Å²) >= 11 is 0. The molecule has 0 bridgehead atoms. The molecule has 0 aromatic heterocycles. The van der Waals surface area contributed by atoms with Crippen LogP contribution in [0.5, 0.6) is 5.75 Å². The van der Waals surface area contributed by atoms with Crippen LogP contribution < -0.4 is 4.74 Å². The topological polar surface area (TPSA) is 33.0 Å². The Morgan fingerprint density at radius 1 is 0.958 bits per heavy atom. The number of para-hydroxylation sites is 1. The molecule has 0 N–H and O–H groups in total. The molecule has 2 rings (SSSR count). The van der Waals surface area contributed by atoms with Crippen molar-refractivity contribution < 1.29 is 4.74 Å². The lowest BCUT2D eigenvalue weighted by atomic mass is 9.87. The van der Waals surface area contributed by atoms with E-state index in [9.17, 15) is 0 Å². The van der Waals surface area contributed by atoms with Crippen LogP contribution in [-0.4, -0.2) is 7.11 Å². The summed E-state index contributed by atoms with van der Waals surface area (Å²) in [7, 11) is 1.70. The fourth-order valence-electron chi connectivity index (χ4n) is 2.04. The predicted octanol–water partition coefficient (Wildman–Crippen LogP) is 6.14. The average molecular weight is 325 g/mol. The monoisotopic (exact) mass is 325 g/mol. The van der Waals surface area contributed by atoms with Gasteiger partial charge in [-0.05, 0) is 41.2 Å². The third-order valence-corrected chi connectivity index (χ3v) is 3.45. The molecule has 2 aromatic rings. The van der Waals surface area contributed by atoms with Crippen molar-refractivity contribution in [3.05, 3.63) is 65.2 Å². The van der Waals surface area contributed by atoms with Crippen LogP contribution in [0.25, 0.3) is 0 Å². The summed E-state index contributed by atoms with van der Waals surface area (Å²) in [5, 5.41) is 8.58. The summed E-state index contributed by atoms with van der Waals surface area (Å²) in [6.45, 7) is 12.6. The highest BCUT2D eigenvalue weighted by Gasteiger charge is 2.12. The summed E-state index contributed by atoms with van der Waals surface area (Å²) in [6.07, 6.45) is 1.03. The maximum absolute atomic E-state index is 8.58. The fourth-order valence-corrected chi connectivity index (χ4v) is 2.04. The van der Waals surface area contributed by atoms with Gasteiger partial charge >= 0.3 is 0 Å². The molecular formula is C22H31NO. The van der Waals surface area contributed by atoms with E-state index in [-0.39, 0.29) is 5.41 Å². The summed E-state index contributed by atoms with van der Waals surface area (Å²) in [6, 6.07) is 17.9. The number of nitriles is 1. The molecule has 0 fully saturated rings. The number of hydrogen-bond acceptors (Lipinski definition) is 2. The van der Waals surface area contributed by atoms with E-state index in [1.807, 2.05) is 56.3 Å². The van der Waals surface area contributed by atoms with Gasteiger partial charge in [0, 0.05) is 0 Å². The Balaban J connectivity index is 0.000000405. The van der Waals surface area contributed by atoms with Gasteiger partial charge < -0.3 is 4.74 Å². The third-order valence-electron chi connectivity index (χ3n) is 3.45. The zero-order valence-corrected chi connectivity index (χ0v) is 16.2. The Morgan fingerprint density at radius 2 is 1.50 bits per heavy atom. The molecule has 130 valence electrons. The SMILES string of the molecule is CC.CC(C)(C)c1ccc(C#N)cc1.CCc1ccccc1OC. The van der Waals surface area contributed by atoms with Crippen molar-refractivity contribution in [2.45, 2.75) is 53.4 Å². The molecule has 0 aliphatic rings. The van der Waals surface area contributed by atoms with Crippen molar-refractivity contribution in [3.8, 4) is 11.8 Å². The van der Waals surface area contributed by atoms with Gasteiger partial charge in [-0.1, -0.05) is 71.9 Å². The standard InChI is InChI=1S/C11H13N.C9H12O.C2H6/c1-11(2,3)10-6-4-9(8-12)5-7-10;1-3-8-6-4-5-7-9(8)10-2;1-2/h4-7H,1-3H3;4-7H,3H2,1-2H3;1-2H3. The normalized spacial score (nSPS) is 9.58. The Labute approximate surface area is 148 Å². The van der Waals surface area contributed by atoms with Gasteiger partial charge in [0.05, 0.1) is 18.7 Å². The molecule has 2 heteroatoms. The first-order valence-corrected chi connectivity index (χ1v) is 8.55. The van der Waals surface area contributed by atoms with Crippen molar-refractivity contribution in [1.29, 1.82) is 5.26 Å². The van der Waals surface area contributed by atoms with Crippen LogP contribution in [-0.2, 0) is 11.8 Å². The first-order valence-electron chi connectivity index (χ1n) is 8.55. The number of benzene rings is 2. The second-order valence-corrected chi connectivity index (χ2v) is 6.10. The zero-order chi connectivity index (χ0) is 18.6. The molecular weight excluding hydrogens is 294 g/mol. The highest BCUT2D eigenvalue weighted by molar-refractivity contribution is 5.34. The summed E-state index contributed by atoms with van der Waals surface area (Å²) < 4.78 is 5.14. The van der Waals surface area contributed by atoms with Gasteiger partial charge in [0.1, 0.15) is 5.75 Å². The molecule has 0 unspecified atom stereocenters. The van der Waals surface area contributed by atoms with Gasteiger partial charge in [-0.3, -0.25) is 0 Å². The van der Waals surface area contributed by atoms with E-state index in [0.29, 0.717) is 0 Å². The molecule has 0 atom stereocenters. The smallest absolute Gasteiger partial charge is 0.122 e. The average Bonchev–Trinajstić information content (AvgIpc) is 2.63. The minimum absolute atomic E-state index is 0.175. The lowest BCUT2D eigenvalue weighted by molar-refractivity contribution is 0.410. The summed E-state index contributed by atoms with van der Waals surface area (Å²) in [5.74, 6) is 0.991. The highest BCUT2D eigenvalue weighted by atomic mass is 16.5. The quantitative estimate of drug-likeness (QED) is 0.664. The van der Waals surface area contributed by atoms with E-state index in [1.165, 1.54) is 11.1 Å². The largest absolute Gasteiger partial charge is 0.496 e. The van der Waals surface area contributed by atoms with Gasteiger partial charge in [0.15, 0.2) is 0 Å². The van der Waals surface area contributed by atoms with Gasteiger partial charge in [0.25, 0.3) is 0 Å². The van der Waals surface area contributed by atoms with Gasteiger partial charge in [-0.25, -0.2) is 0 Å². The number of hydrogen-bond donors (Lipinski definition) is 0. The lowest BCUT2D eigenvalue weighted by Gasteiger charge is -2.18. The molecule has 24 heavy (non-hydrogen) atoms. The Hall–Kier alpha value is -2.27. The second kappa shape index (κ2) is 11.3. The molecule has 0 heterocycles. The van der Waals surface area contributed by atoms with Crippen LogP contribution in [0, 0.1) is 11.3 Å². The highest BCUT2D eigenvalue weighted by Crippen LogP contribution is 2.21. The van der Waals surface area contributed by atoms with Crippen LogP contribution in [0.3, 0.4) is 0 Å². The van der Waals surface area contributed by atoms with Crippen LogP contribution in [0.1, 0.15) is 58.2 Å². The summed E-state index contributed by atoms with van der Waals surface area (Å²) in [5.41, 5.74) is 3.43.